The largest absolute Gasteiger partial charge is 0.465 e. The number of nitrogens with zero attached hydrogens (tertiary/aromatic N) is 2. The first-order valence-corrected chi connectivity index (χ1v) is 12.1. The number of piperidine rings is 1. The van der Waals surface area contributed by atoms with Gasteiger partial charge in [0.2, 0.25) is 10.0 Å². The molecule has 0 radical (unpaired) electrons. The molecule has 162 valence electrons. The minimum absolute atomic E-state index is 0.110. The highest BCUT2D eigenvalue weighted by molar-refractivity contribution is 7.92. The molecule has 0 bridgehead atoms. The quantitative estimate of drug-likeness (QED) is 0.568. The van der Waals surface area contributed by atoms with Gasteiger partial charge in [-0.05, 0) is 68.7 Å². The van der Waals surface area contributed by atoms with Gasteiger partial charge in [0, 0.05) is 0 Å². The molecule has 0 atom stereocenters. The van der Waals surface area contributed by atoms with E-state index in [-0.39, 0.29) is 12.3 Å². The van der Waals surface area contributed by atoms with Gasteiger partial charge < -0.3 is 9.64 Å². The fourth-order valence-corrected chi connectivity index (χ4v) is 5.24. The Hall–Kier alpha value is -2.38. The number of likely N-dealkylation sites (tertiary alicyclic amines) is 1. The van der Waals surface area contributed by atoms with Crippen LogP contribution in [0.25, 0.3) is 0 Å². The van der Waals surface area contributed by atoms with Crippen LogP contribution >= 0.6 is 0 Å². The number of rotatable bonds is 9. The Morgan fingerprint density at radius 2 is 1.67 bits per heavy atom. The third kappa shape index (κ3) is 6.06. The Morgan fingerprint density at radius 1 is 1.00 bits per heavy atom. The predicted octanol–water partition coefficient (Wildman–Crippen LogP) is 3.69. The summed E-state index contributed by atoms with van der Waals surface area (Å²) in [7, 11) is -2.15. The predicted molar refractivity (Wildman–Crippen MR) is 119 cm³/mol. The number of carbonyl (C=O) groups excluding carboxylic acids is 1. The van der Waals surface area contributed by atoms with Gasteiger partial charge in [0.1, 0.15) is 0 Å². The van der Waals surface area contributed by atoms with Gasteiger partial charge in [0.05, 0.1) is 30.7 Å². The van der Waals surface area contributed by atoms with Crippen molar-refractivity contribution in [3.05, 3.63) is 65.7 Å². The first-order valence-electron chi connectivity index (χ1n) is 10.4. The fourth-order valence-electron chi connectivity index (χ4n) is 3.74. The van der Waals surface area contributed by atoms with E-state index in [0.717, 1.165) is 25.2 Å². The van der Waals surface area contributed by atoms with Crippen LogP contribution in [0.15, 0.2) is 54.6 Å². The van der Waals surface area contributed by atoms with Gasteiger partial charge in [-0.25, -0.2) is 13.2 Å². The molecular formula is C23H30N2O4S. The third-order valence-corrected chi connectivity index (χ3v) is 7.22. The molecule has 1 aliphatic rings. The summed E-state index contributed by atoms with van der Waals surface area (Å²) >= 11 is 0. The van der Waals surface area contributed by atoms with E-state index in [9.17, 15) is 13.2 Å². The summed E-state index contributed by atoms with van der Waals surface area (Å²) < 4.78 is 32.7. The molecule has 0 amide bonds. The Bertz CT molecular complexity index is 908. The lowest BCUT2D eigenvalue weighted by Gasteiger charge is -2.28. The zero-order valence-electron chi connectivity index (χ0n) is 17.5. The monoisotopic (exact) mass is 430 g/mol. The minimum Gasteiger partial charge on any atom is -0.465 e. The van der Waals surface area contributed by atoms with Crippen molar-refractivity contribution in [2.45, 2.75) is 32.2 Å². The number of anilines is 1. The maximum atomic E-state index is 13.2. The number of benzene rings is 2. The van der Waals surface area contributed by atoms with Crippen LogP contribution in [0.4, 0.5) is 5.69 Å². The molecule has 1 saturated heterocycles. The second-order valence-corrected chi connectivity index (χ2v) is 9.62. The van der Waals surface area contributed by atoms with E-state index in [0.29, 0.717) is 17.7 Å². The number of para-hydroxylation sites is 1. The summed E-state index contributed by atoms with van der Waals surface area (Å²) in [5, 5.41) is 0. The summed E-state index contributed by atoms with van der Waals surface area (Å²) in [6, 6.07) is 16.0. The van der Waals surface area contributed by atoms with Crippen molar-refractivity contribution in [2.24, 2.45) is 0 Å². The number of hydrogen-bond acceptors (Lipinski definition) is 5. The molecule has 1 heterocycles. The summed E-state index contributed by atoms with van der Waals surface area (Å²) in [4.78, 5) is 14.0. The van der Waals surface area contributed by atoms with Crippen LogP contribution in [-0.4, -0.2) is 51.8 Å². The molecule has 0 N–H and O–H groups in total. The molecule has 30 heavy (non-hydrogen) atoms. The average Bonchev–Trinajstić information content (AvgIpc) is 2.78. The van der Waals surface area contributed by atoms with E-state index < -0.39 is 16.0 Å². The van der Waals surface area contributed by atoms with E-state index in [1.54, 1.807) is 24.3 Å². The van der Waals surface area contributed by atoms with Crippen LogP contribution in [0.5, 0.6) is 0 Å². The van der Waals surface area contributed by atoms with Crippen molar-refractivity contribution < 1.29 is 17.9 Å². The van der Waals surface area contributed by atoms with Crippen LogP contribution in [0, 0.1) is 0 Å². The Balaban J connectivity index is 1.72. The smallest absolute Gasteiger partial charge is 0.337 e. The molecule has 0 saturated carbocycles. The molecular weight excluding hydrogens is 400 g/mol. The fraction of sp³-hybridized carbons (Fsp3) is 0.435. The Kier molecular flexibility index (Phi) is 7.87. The van der Waals surface area contributed by atoms with Crippen molar-refractivity contribution in [1.82, 2.24) is 4.90 Å². The van der Waals surface area contributed by atoms with Crippen LogP contribution in [0.1, 0.15) is 41.6 Å². The van der Waals surface area contributed by atoms with Crippen molar-refractivity contribution >= 4 is 21.7 Å². The molecule has 0 unspecified atom stereocenters. The summed E-state index contributed by atoms with van der Waals surface area (Å²) in [6.45, 7) is 3.16. The third-order valence-electron chi connectivity index (χ3n) is 5.41. The van der Waals surface area contributed by atoms with E-state index >= 15 is 0 Å². The van der Waals surface area contributed by atoms with Crippen molar-refractivity contribution in [1.29, 1.82) is 0 Å². The second kappa shape index (κ2) is 10.6. The zero-order chi connectivity index (χ0) is 21.4. The topological polar surface area (TPSA) is 66.9 Å². The second-order valence-electron chi connectivity index (χ2n) is 7.60. The van der Waals surface area contributed by atoms with E-state index in [2.05, 4.69) is 4.90 Å². The number of esters is 1. The number of methoxy groups -OCH3 is 1. The lowest BCUT2D eigenvalue weighted by Crippen LogP contribution is -2.35. The van der Waals surface area contributed by atoms with Gasteiger partial charge in [-0.1, -0.05) is 36.8 Å². The van der Waals surface area contributed by atoms with E-state index in [4.69, 9.17) is 4.74 Å². The van der Waals surface area contributed by atoms with Crippen molar-refractivity contribution in [3.8, 4) is 0 Å². The normalized spacial score (nSPS) is 15.0. The minimum atomic E-state index is -3.49. The molecule has 0 aromatic heterocycles. The number of ether oxygens (including phenoxy) is 1. The lowest BCUT2D eigenvalue weighted by atomic mass is 10.1. The molecule has 0 spiro atoms. The van der Waals surface area contributed by atoms with Crippen LogP contribution in [-0.2, 0) is 21.3 Å². The van der Waals surface area contributed by atoms with E-state index in [1.807, 2.05) is 30.3 Å². The first-order chi connectivity index (χ1) is 14.5. The molecule has 1 aliphatic heterocycles. The van der Waals surface area contributed by atoms with Crippen molar-refractivity contribution in [3.63, 3.8) is 0 Å². The van der Waals surface area contributed by atoms with Gasteiger partial charge in [-0.15, -0.1) is 0 Å². The van der Waals surface area contributed by atoms with Gasteiger partial charge >= 0.3 is 5.97 Å². The highest BCUT2D eigenvalue weighted by atomic mass is 32.2. The molecule has 7 heteroatoms. The van der Waals surface area contributed by atoms with Crippen molar-refractivity contribution in [2.75, 3.05) is 36.8 Å². The molecule has 1 fully saturated rings. The maximum Gasteiger partial charge on any atom is 0.337 e. The number of sulfonamides is 1. The number of carbonyl (C=O) groups is 1. The highest BCUT2D eigenvalue weighted by Crippen LogP contribution is 2.22. The van der Waals surface area contributed by atoms with Crippen LogP contribution in [0.2, 0.25) is 0 Å². The average molecular weight is 431 g/mol. The SMILES string of the molecule is COC(=O)c1ccc(CN(c2ccccc2)S(=O)(=O)CCCN2CCCCC2)cc1. The highest BCUT2D eigenvalue weighted by Gasteiger charge is 2.23. The van der Waals surface area contributed by atoms with E-state index in [1.165, 1.54) is 30.7 Å². The Labute approximate surface area is 179 Å². The van der Waals surface area contributed by atoms with Crippen LogP contribution in [0.3, 0.4) is 0 Å². The van der Waals surface area contributed by atoms with Gasteiger partial charge in [-0.3, -0.25) is 4.31 Å². The molecule has 2 aromatic carbocycles. The van der Waals surface area contributed by atoms with Gasteiger partial charge in [0.25, 0.3) is 0 Å². The lowest BCUT2D eigenvalue weighted by molar-refractivity contribution is 0.0600. The summed E-state index contributed by atoms with van der Waals surface area (Å²) in [5.74, 6) is -0.301. The van der Waals surface area contributed by atoms with Crippen LogP contribution < -0.4 is 4.31 Å². The zero-order valence-corrected chi connectivity index (χ0v) is 18.3. The molecule has 6 nitrogen and oxygen atoms in total. The number of hydrogen-bond donors (Lipinski definition) is 0. The molecule has 2 aromatic rings. The van der Waals surface area contributed by atoms with Gasteiger partial charge in [0.15, 0.2) is 0 Å². The maximum absolute atomic E-state index is 13.2. The summed E-state index contributed by atoms with van der Waals surface area (Å²) in [5.41, 5.74) is 1.90. The Morgan fingerprint density at radius 3 is 2.30 bits per heavy atom. The first kappa shape index (κ1) is 22.3. The summed E-state index contributed by atoms with van der Waals surface area (Å²) in [6.07, 6.45) is 4.28. The molecule has 0 aliphatic carbocycles. The standard InChI is InChI=1S/C23H30N2O4S/c1-29-23(26)21-13-11-20(12-14-21)19-25(22-9-4-2-5-10-22)30(27,28)18-8-17-24-15-6-3-7-16-24/h2,4-5,9-14H,3,6-8,15-19H2,1H3. The van der Waals surface area contributed by atoms with Gasteiger partial charge in [-0.2, -0.15) is 0 Å². The molecule has 3 rings (SSSR count).